The normalized spacial score (nSPS) is 19.0. The van der Waals surface area contributed by atoms with Crippen LogP contribution < -0.4 is 0 Å². The smallest absolute Gasteiger partial charge is 0.167 e. The van der Waals surface area contributed by atoms with Gasteiger partial charge >= 0.3 is 0 Å². The molecular weight excluding hydrogens is 401 g/mol. The van der Waals surface area contributed by atoms with Gasteiger partial charge in [0.15, 0.2) is 17.9 Å². The Bertz CT molecular complexity index is 845. The van der Waals surface area contributed by atoms with E-state index in [1.54, 1.807) is 18.2 Å². The summed E-state index contributed by atoms with van der Waals surface area (Å²) in [5.74, 6) is -2.67. The molecule has 2 atom stereocenters. The minimum atomic E-state index is -1.00. The molecule has 0 aromatic heterocycles. The molecule has 1 fully saturated rings. The van der Waals surface area contributed by atoms with Crippen molar-refractivity contribution < 1.29 is 22.6 Å². The third kappa shape index (κ3) is 6.11. The maximum absolute atomic E-state index is 14.9. The Morgan fingerprint density at radius 3 is 2.35 bits per heavy atom. The molecule has 0 N–H and O–H groups in total. The first kappa shape index (κ1) is 23.8. The molecule has 1 heterocycles. The van der Waals surface area contributed by atoms with E-state index < -0.39 is 17.5 Å². The largest absolute Gasteiger partial charge is 0.353 e. The number of benzene rings is 2. The van der Waals surface area contributed by atoms with Gasteiger partial charge in [-0.25, -0.2) is 13.2 Å². The standard InChI is InChI=1S/C26H33F3O2/c1-3-5-7-8-18-9-11-21(23(27)16-18)22-13-12-20(25(28)26(22)29)19-10-14-24(31-17-19)30-15-6-4-2/h9,11-13,16,19,24H,3-8,10,14-15,17H2,1-2H3. The monoisotopic (exact) mass is 434 g/mol. The van der Waals surface area contributed by atoms with E-state index in [4.69, 9.17) is 9.47 Å². The topological polar surface area (TPSA) is 18.5 Å². The lowest BCUT2D eigenvalue weighted by atomic mass is 9.90. The minimum Gasteiger partial charge on any atom is -0.353 e. The fraction of sp³-hybridized carbons (Fsp3) is 0.538. The van der Waals surface area contributed by atoms with Crippen LogP contribution in [-0.4, -0.2) is 19.5 Å². The Balaban J connectivity index is 1.70. The summed E-state index contributed by atoms with van der Waals surface area (Å²) in [4.78, 5) is 0. The number of hydrogen-bond acceptors (Lipinski definition) is 2. The van der Waals surface area contributed by atoms with Crippen molar-refractivity contribution in [2.75, 3.05) is 13.2 Å². The van der Waals surface area contributed by atoms with E-state index in [-0.39, 0.29) is 35.5 Å². The molecule has 0 amide bonds. The molecule has 2 nitrogen and oxygen atoms in total. The van der Waals surface area contributed by atoms with E-state index in [1.807, 2.05) is 0 Å². The lowest BCUT2D eigenvalue weighted by molar-refractivity contribution is -0.167. The van der Waals surface area contributed by atoms with Gasteiger partial charge in [0.1, 0.15) is 5.82 Å². The lowest BCUT2D eigenvalue weighted by Gasteiger charge is -2.29. The van der Waals surface area contributed by atoms with Gasteiger partial charge < -0.3 is 9.47 Å². The molecule has 31 heavy (non-hydrogen) atoms. The molecule has 2 aromatic rings. The van der Waals surface area contributed by atoms with Gasteiger partial charge in [0.05, 0.1) is 6.61 Å². The van der Waals surface area contributed by atoms with Crippen LogP contribution in [-0.2, 0) is 15.9 Å². The highest BCUT2D eigenvalue weighted by molar-refractivity contribution is 5.66. The van der Waals surface area contributed by atoms with Gasteiger partial charge in [0.25, 0.3) is 0 Å². The number of hydrogen-bond donors (Lipinski definition) is 0. The Labute approximate surface area is 183 Å². The van der Waals surface area contributed by atoms with E-state index in [0.29, 0.717) is 19.4 Å². The first-order valence-electron chi connectivity index (χ1n) is 11.5. The first-order chi connectivity index (χ1) is 15.0. The molecule has 0 saturated carbocycles. The van der Waals surface area contributed by atoms with Gasteiger partial charge in [0.2, 0.25) is 0 Å². The lowest BCUT2D eigenvalue weighted by Crippen LogP contribution is -2.28. The maximum atomic E-state index is 14.9. The van der Waals surface area contributed by atoms with E-state index in [1.165, 1.54) is 12.1 Å². The number of ether oxygens (including phenoxy) is 2. The second-order valence-corrected chi connectivity index (χ2v) is 8.36. The second-order valence-electron chi connectivity index (χ2n) is 8.36. The molecule has 170 valence electrons. The van der Waals surface area contributed by atoms with Gasteiger partial charge in [-0.3, -0.25) is 0 Å². The Morgan fingerprint density at radius 1 is 0.903 bits per heavy atom. The zero-order valence-electron chi connectivity index (χ0n) is 18.6. The van der Waals surface area contributed by atoms with Crippen molar-refractivity contribution in [3.05, 3.63) is 58.9 Å². The summed E-state index contributed by atoms with van der Waals surface area (Å²) < 4.78 is 55.8. The SMILES string of the molecule is CCCCCc1ccc(-c2ccc(C3CCC(OCCCC)OC3)c(F)c2F)c(F)c1. The number of aryl methyl sites for hydroxylation is 1. The summed E-state index contributed by atoms with van der Waals surface area (Å²) in [6.07, 6.45) is 7.00. The van der Waals surface area contributed by atoms with Crippen molar-refractivity contribution in [3.8, 4) is 11.1 Å². The van der Waals surface area contributed by atoms with Crippen molar-refractivity contribution in [1.82, 2.24) is 0 Å². The average molecular weight is 435 g/mol. The third-order valence-electron chi connectivity index (χ3n) is 5.98. The van der Waals surface area contributed by atoms with Crippen LogP contribution in [0.25, 0.3) is 11.1 Å². The van der Waals surface area contributed by atoms with Crippen LogP contribution in [0.1, 0.15) is 75.8 Å². The molecule has 5 heteroatoms. The Morgan fingerprint density at radius 2 is 1.68 bits per heavy atom. The van der Waals surface area contributed by atoms with Gasteiger partial charge in [-0.2, -0.15) is 0 Å². The van der Waals surface area contributed by atoms with E-state index >= 15 is 0 Å². The van der Waals surface area contributed by atoms with Crippen molar-refractivity contribution in [2.24, 2.45) is 0 Å². The molecule has 0 aliphatic carbocycles. The van der Waals surface area contributed by atoms with Crippen LogP contribution >= 0.6 is 0 Å². The van der Waals surface area contributed by atoms with Crippen molar-refractivity contribution >= 4 is 0 Å². The fourth-order valence-electron chi connectivity index (χ4n) is 4.06. The van der Waals surface area contributed by atoms with Crippen LogP contribution in [0.5, 0.6) is 0 Å². The molecule has 0 spiro atoms. The number of unbranched alkanes of at least 4 members (excludes halogenated alkanes) is 3. The summed E-state index contributed by atoms with van der Waals surface area (Å²) in [6.45, 7) is 5.14. The molecule has 2 unspecified atom stereocenters. The summed E-state index contributed by atoms with van der Waals surface area (Å²) in [5, 5.41) is 0. The predicted molar refractivity (Wildman–Crippen MR) is 118 cm³/mol. The predicted octanol–water partition coefficient (Wildman–Crippen LogP) is 7.54. The average Bonchev–Trinajstić information content (AvgIpc) is 2.77. The summed E-state index contributed by atoms with van der Waals surface area (Å²) in [7, 11) is 0. The molecule has 1 aliphatic heterocycles. The molecule has 0 radical (unpaired) electrons. The Hall–Kier alpha value is -1.85. The van der Waals surface area contributed by atoms with Crippen LogP contribution in [0.4, 0.5) is 13.2 Å². The molecule has 0 bridgehead atoms. The molecule has 3 rings (SSSR count). The summed E-state index contributed by atoms with van der Waals surface area (Å²) >= 11 is 0. The zero-order valence-corrected chi connectivity index (χ0v) is 18.6. The molecule has 2 aromatic carbocycles. The number of halogens is 3. The highest BCUT2D eigenvalue weighted by Gasteiger charge is 2.27. The van der Waals surface area contributed by atoms with Gasteiger partial charge in [0, 0.05) is 23.7 Å². The molecule has 1 aliphatic rings. The maximum Gasteiger partial charge on any atom is 0.167 e. The van der Waals surface area contributed by atoms with Gasteiger partial charge in [-0.1, -0.05) is 57.4 Å². The van der Waals surface area contributed by atoms with Crippen molar-refractivity contribution in [2.45, 2.75) is 77.4 Å². The Kier molecular flexibility index (Phi) is 8.97. The van der Waals surface area contributed by atoms with E-state index in [0.717, 1.165) is 44.1 Å². The van der Waals surface area contributed by atoms with Crippen LogP contribution in [0, 0.1) is 17.5 Å². The second kappa shape index (κ2) is 11.7. The van der Waals surface area contributed by atoms with Crippen molar-refractivity contribution in [1.29, 1.82) is 0 Å². The van der Waals surface area contributed by atoms with Crippen LogP contribution in [0.3, 0.4) is 0 Å². The fourth-order valence-corrected chi connectivity index (χ4v) is 4.06. The van der Waals surface area contributed by atoms with Crippen LogP contribution in [0.15, 0.2) is 30.3 Å². The van der Waals surface area contributed by atoms with Crippen molar-refractivity contribution in [3.63, 3.8) is 0 Å². The summed E-state index contributed by atoms with van der Waals surface area (Å²) in [6, 6.07) is 7.83. The highest BCUT2D eigenvalue weighted by Crippen LogP contribution is 2.35. The zero-order chi connectivity index (χ0) is 22.2. The number of rotatable bonds is 10. The molecule has 1 saturated heterocycles. The molecular formula is C26H33F3O2. The minimum absolute atomic E-state index is 0.0450. The van der Waals surface area contributed by atoms with Gasteiger partial charge in [-0.15, -0.1) is 0 Å². The quantitative estimate of drug-likeness (QED) is 0.360. The first-order valence-corrected chi connectivity index (χ1v) is 11.5. The van der Waals surface area contributed by atoms with Gasteiger partial charge in [-0.05, 0) is 49.3 Å². The third-order valence-corrected chi connectivity index (χ3v) is 5.98. The van der Waals surface area contributed by atoms with E-state index in [2.05, 4.69) is 13.8 Å². The van der Waals surface area contributed by atoms with E-state index in [9.17, 15) is 13.2 Å². The summed E-state index contributed by atoms with van der Waals surface area (Å²) in [5.41, 5.74) is 1.20. The van der Waals surface area contributed by atoms with Crippen LogP contribution in [0.2, 0.25) is 0 Å². The highest BCUT2D eigenvalue weighted by atomic mass is 19.2.